The molecule has 4 heteroatoms. The van der Waals surface area contributed by atoms with Crippen molar-refractivity contribution in [3.8, 4) is 11.5 Å². The fourth-order valence-electron chi connectivity index (χ4n) is 2.11. The number of hydrogen-bond donors (Lipinski definition) is 2. The lowest BCUT2D eigenvalue weighted by molar-refractivity contribution is 0.222. The van der Waals surface area contributed by atoms with E-state index in [1.54, 1.807) is 0 Å². The minimum Gasteiger partial charge on any atom is -0.490 e. The van der Waals surface area contributed by atoms with Crippen LogP contribution < -0.4 is 20.1 Å². The zero-order valence-corrected chi connectivity index (χ0v) is 9.16. The minimum absolute atomic E-state index is 0.308. The molecule has 0 spiro atoms. The molecule has 16 heavy (non-hydrogen) atoms. The third kappa shape index (κ3) is 1.93. The van der Waals surface area contributed by atoms with Crippen molar-refractivity contribution in [2.24, 2.45) is 0 Å². The predicted molar refractivity (Wildman–Crippen MR) is 62.3 cm³/mol. The first-order valence-electron chi connectivity index (χ1n) is 5.80. The lowest BCUT2D eigenvalue weighted by Gasteiger charge is -2.20. The topological polar surface area (TPSA) is 42.5 Å². The lowest BCUT2D eigenvalue weighted by Crippen LogP contribution is -2.20. The standard InChI is InChI=1S/C12H16N2O2/c1-2-12-11(14-5-6-15-12)7-9(1)16-10-3-4-13-8-10/h1-2,7,10,13-14H,3-6,8H2/t10-/m0/s1. The van der Waals surface area contributed by atoms with Crippen molar-refractivity contribution >= 4 is 5.69 Å². The summed E-state index contributed by atoms with van der Waals surface area (Å²) in [5.41, 5.74) is 1.04. The van der Waals surface area contributed by atoms with Gasteiger partial charge in [0.2, 0.25) is 0 Å². The molecular formula is C12H16N2O2. The average Bonchev–Trinajstić information content (AvgIpc) is 2.82. The lowest BCUT2D eigenvalue weighted by atomic mass is 10.2. The van der Waals surface area contributed by atoms with Crippen LogP contribution in [0.15, 0.2) is 18.2 Å². The molecule has 0 aliphatic carbocycles. The second-order valence-electron chi connectivity index (χ2n) is 4.17. The van der Waals surface area contributed by atoms with Crippen LogP contribution in [0.1, 0.15) is 6.42 Å². The fraction of sp³-hybridized carbons (Fsp3) is 0.500. The summed E-state index contributed by atoms with van der Waals surface area (Å²) >= 11 is 0. The van der Waals surface area contributed by atoms with Crippen LogP contribution in [0, 0.1) is 0 Å². The highest BCUT2D eigenvalue weighted by molar-refractivity contribution is 5.60. The first kappa shape index (κ1) is 9.78. The number of fused-ring (bicyclic) bond motifs is 1. The Morgan fingerprint density at radius 1 is 1.31 bits per heavy atom. The second kappa shape index (κ2) is 4.22. The molecule has 0 unspecified atom stereocenters. The molecule has 1 aromatic rings. The Morgan fingerprint density at radius 3 is 3.19 bits per heavy atom. The molecule has 2 heterocycles. The van der Waals surface area contributed by atoms with Gasteiger partial charge in [0.15, 0.2) is 0 Å². The first-order valence-corrected chi connectivity index (χ1v) is 5.80. The molecule has 0 bridgehead atoms. The molecule has 2 N–H and O–H groups in total. The van der Waals surface area contributed by atoms with E-state index in [4.69, 9.17) is 9.47 Å². The summed E-state index contributed by atoms with van der Waals surface area (Å²) in [6, 6.07) is 5.97. The molecule has 1 aromatic carbocycles. The molecule has 4 nitrogen and oxygen atoms in total. The van der Waals surface area contributed by atoms with Gasteiger partial charge in [0, 0.05) is 19.2 Å². The quantitative estimate of drug-likeness (QED) is 0.786. The highest BCUT2D eigenvalue weighted by Gasteiger charge is 2.17. The summed E-state index contributed by atoms with van der Waals surface area (Å²) in [5.74, 6) is 1.84. The zero-order chi connectivity index (χ0) is 10.8. The maximum Gasteiger partial charge on any atom is 0.142 e. The third-order valence-electron chi connectivity index (χ3n) is 2.94. The summed E-state index contributed by atoms with van der Waals surface area (Å²) in [7, 11) is 0. The van der Waals surface area contributed by atoms with Gasteiger partial charge in [-0.15, -0.1) is 0 Å². The average molecular weight is 220 g/mol. The van der Waals surface area contributed by atoms with Gasteiger partial charge >= 0.3 is 0 Å². The predicted octanol–water partition coefficient (Wildman–Crippen LogP) is 1.23. The van der Waals surface area contributed by atoms with Gasteiger partial charge in [-0.3, -0.25) is 0 Å². The number of benzene rings is 1. The van der Waals surface area contributed by atoms with Gasteiger partial charge in [-0.2, -0.15) is 0 Å². The number of ether oxygens (including phenoxy) is 2. The Kier molecular flexibility index (Phi) is 2.58. The minimum atomic E-state index is 0.308. The van der Waals surface area contributed by atoms with Crippen LogP contribution in [-0.4, -0.2) is 32.3 Å². The summed E-state index contributed by atoms with van der Waals surface area (Å²) in [6.07, 6.45) is 1.39. The van der Waals surface area contributed by atoms with Gasteiger partial charge in [-0.25, -0.2) is 0 Å². The van der Waals surface area contributed by atoms with E-state index in [0.29, 0.717) is 6.10 Å². The van der Waals surface area contributed by atoms with Crippen molar-refractivity contribution in [3.05, 3.63) is 18.2 Å². The van der Waals surface area contributed by atoms with Gasteiger partial charge in [0.05, 0.1) is 5.69 Å². The number of hydrogen-bond acceptors (Lipinski definition) is 4. The maximum absolute atomic E-state index is 5.88. The first-order chi connectivity index (χ1) is 7.92. The Balaban J connectivity index is 1.74. The van der Waals surface area contributed by atoms with E-state index in [0.717, 1.165) is 49.8 Å². The van der Waals surface area contributed by atoms with Gasteiger partial charge < -0.3 is 20.1 Å². The smallest absolute Gasteiger partial charge is 0.142 e. The van der Waals surface area contributed by atoms with Crippen LogP contribution in [0.5, 0.6) is 11.5 Å². The normalized spacial score (nSPS) is 23.1. The van der Waals surface area contributed by atoms with Crippen molar-refractivity contribution < 1.29 is 9.47 Å². The molecule has 0 amide bonds. The highest BCUT2D eigenvalue weighted by Crippen LogP contribution is 2.31. The number of anilines is 1. The highest BCUT2D eigenvalue weighted by atomic mass is 16.5. The summed E-state index contributed by atoms with van der Waals surface area (Å²) in [4.78, 5) is 0. The molecule has 0 saturated carbocycles. The van der Waals surface area contributed by atoms with E-state index >= 15 is 0 Å². The molecular weight excluding hydrogens is 204 g/mol. The fourth-order valence-corrected chi connectivity index (χ4v) is 2.11. The molecule has 1 saturated heterocycles. The molecule has 3 rings (SSSR count). The summed E-state index contributed by atoms with van der Waals surface area (Å²) < 4.78 is 11.4. The number of nitrogens with one attached hydrogen (secondary N) is 2. The van der Waals surface area contributed by atoms with Crippen LogP contribution in [0.4, 0.5) is 5.69 Å². The summed E-state index contributed by atoms with van der Waals surface area (Å²) in [5, 5.41) is 6.60. The van der Waals surface area contributed by atoms with Crippen LogP contribution in [0.2, 0.25) is 0 Å². The Bertz CT molecular complexity index is 375. The molecule has 1 fully saturated rings. The molecule has 1 atom stereocenters. The molecule has 2 aliphatic heterocycles. The van der Waals surface area contributed by atoms with E-state index < -0.39 is 0 Å². The maximum atomic E-state index is 5.88. The van der Waals surface area contributed by atoms with Crippen LogP contribution in [0.3, 0.4) is 0 Å². The van der Waals surface area contributed by atoms with E-state index in [9.17, 15) is 0 Å². The van der Waals surface area contributed by atoms with E-state index in [2.05, 4.69) is 10.6 Å². The van der Waals surface area contributed by atoms with Gasteiger partial charge in [-0.05, 0) is 25.1 Å². The second-order valence-corrected chi connectivity index (χ2v) is 4.17. The van der Waals surface area contributed by atoms with Gasteiger partial charge in [0.25, 0.3) is 0 Å². The van der Waals surface area contributed by atoms with Crippen molar-refractivity contribution in [2.75, 3.05) is 31.6 Å². The van der Waals surface area contributed by atoms with Crippen molar-refractivity contribution in [1.29, 1.82) is 0 Å². The third-order valence-corrected chi connectivity index (χ3v) is 2.94. The Hall–Kier alpha value is -1.42. The number of rotatable bonds is 2. The molecule has 86 valence electrons. The summed E-state index contributed by atoms with van der Waals surface area (Å²) in [6.45, 7) is 3.60. The van der Waals surface area contributed by atoms with E-state index in [1.807, 2.05) is 18.2 Å². The Labute approximate surface area is 94.9 Å². The monoisotopic (exact) mass is 220 g/mol. The van der Waals surface area contributed by atoms with E-state index in [1.165, 1.54) is 0 Å². The molecule has 2 aliphatic rings. The van der Waals surface area contributed by atoms with E-state index in [-0.39, 0.29) is 0 Å². The van der Waals surface area contributed by atoms with Crippen LogP contribution in [0.25, 0.3) is 0 Å². The zero-order valence-electron chi connectivity index (χ0n) is 9.16. The largest absolute Gasteiger partial charge is 0.490 e. The van der Waals surface area contributed by atoms with Crippen molar-refractivity contribution in [1.82, 2.24) is 5.32 Å². The molecule has 0 aromatic heterocycles. The van der Waals surface area contributed by atoms with Crippen LogP contribution in [-0.2, 0) is 0 Å². The Morgan fingerprint density at radius 2 is 2.31 bits per heavy atom. The molecule has 0 radical (unpaired) electrons. The van der Waals surface area contributed by atoms with Crippen molar-refractivity contribution in [3.63, 3.8) is 0 Å². The van der Waals surface area contributed by atoms with Gasteiger partial charge in [-0.1, -0.05) is 0 Å². The van der Waals surface area contributed by atoms with Crippen LogP contribution >= 0.6 is 0 Å². The van der Waals surface area contributed by atoms with Gasteiger partial charge in [0.1, 0.15) is 24.2 Å². The SMILES string of the molecule is c1cc2c(cc1O[C@H]1CCNC1)NCCO2. The van der Waals surface area contributed by atoms with Crippen molar-refractivity contribution in [2.45, 2.75) is 12.5 Å².